The molecule has 0 bridgehead atoms. The Bertz CT molecular complexity index is 469. The predicted octanol–water partition coefficient (Wildman–Crippen LogP) is 2.47. The van der Waals surface area contributed by atoms with Crippen molar-refractivity contribution in [3.63, 3.8) is 0 Å². The molecule has 2 fully saturated rings. The first-order valence-corrected chi connectivity index (χ1v) is 8.28. The average Bonchev–Trinajstić information content (AvgIpc) is 3.25. The zero-order valence-electron chi connectivity index (χ0n) is 12.9. The summed E-state index contributed by atoms with van der Waals surface area (Å²) in [6, 6.07) is 11.0. The van der Waals surface area contributed by atoms with Crippen LogP contribution in [0.15, 0.2) is 30.3 Å². The molecule has 1 aliphatic carbocycles. The fourth-order valence-electron chi connectivity index (χ4n) is 3.35. The second kappa shape index (κ2) is 6.61. The van der Waals surface area contributed by atoms with Crippen LogP contribution in [0.1, 0.15) is 31.7 Å². The van der Waals surface area contributed by atoms with Crippen molar-refractivity contribution in [2.45, 2.75) is 38.6 Å². The minimum Gasteiger partial charge on any atom is -0.339 e. The van der Waals surface area contributed by atoms with Gasteiger partial charge in [-0.3, -0.25) is 4.79 Å². The molecule has 114 valence electrons. The Hall–Kier alpha value is -1.35. The molecule has 1 aromatic carbocycles. The zero-order valence-corrected chi connectivity index (χ0v) is 12.9. The molecular weight excluding hydrogens is 260 g/mol. The van der Waals surface area contributed by atoms with Crippen LogP contribution in [0.4, 0.5) is 0 Å². The molecule has 1 amide bonds. The van der Waals surface area contributed by atoms with Crippen molar-refractivity contribution in [2.75, 3.05) is 19.6 Å². The lowest BCUT2D eigenvalue weighted by Gasteiger charge is -2.25. The second-order valence-electron chi connectivity index (χ2n) is 6.64. The summed E-state index contributed by atoms with van der Waals surface area (Å²) in [4.78, 5) is 14.4. The summed E-state index contributed by atoms with van der Waals surface area (Å²) in [5.74, 6) is 1.71. The van der Waals surface area contributed by atoms with E-state index in [-0.39, 0.29) is 5.91 Å². The Balaban J connectivity index is 1.48. The summed E-state index contributed by atoms with van der Waals surface area (Å²) in [6.07, 6.45) is 4.88. The van der Waals surface area contributed by atoms with Crippen LogP contribution in [0, 0.1) is 11.8 Å². The fraction of sp³-hybridized carbons (Fsp3) is 0.611. The fourth-order valence-corrected chi connectivity index (χ4v) is 3.35. The van der Waals surface area contributed by atoms with Crippen molar-refractivity contribution >= 4 is 5.91 Å². The number of hydrogen-bond acceptors (Lipinski definition) is 2. The van der Waals surface area contributed by atoms with Gasteiger partial charge in [-0.25, -0.2) is 0 Å². The molecule has 3 nitrogen and oxygen atoms in total. The predicted molar refractivity (Wildman–Crippen MR) is 85.0 cm³/mol. The molecule has 0 radical (unpaired) electrons. The maximum Gasteiger partial charge on any atom is 0.236 e. The average molecular weight is 286 g/mol. The Morgan fingerprint density at radius 3 is 2.71 bits per heavy atom. The second-order valence-corrected chi connectivity index (χ2v) is 6.64. The number of benzene rings is 1. The molecule has 0 spiro atoms. The lowest BCUT2D eigenvalue weighted by molar-refractivity contribution is -0.131. The number of amides is 1. The first kappa shape index (κ1) is 14.6. The minimum atomic E-state index is 0.277. The quantitative estimate of drug-likeness (QED) is 0.871. The van der Waals surface area contributed by atoms with Crippen LogP contribution in [0.2, 0.25) is 0 Å². The molecule has 3 heteroatoms. The molecule has 1 aromatic rings. The standard InChI is InChI=1S/C18H26N2O/c1-14-17(11-15-5-3-2-4-6-15)9-10-20(14)18(21)13-19-12-16-7-8-16/h2-6,14,16-17,19H,7-13H2,1H3. The van der Waals surface area contributed by atoms with E-state index in [9.17, 15) is 4.79 Å². The smallest absolute Gasteiger partial charge is 0.236 e. The van der Waals surface area contributed by atoms with E-state index < -0.39 is 0 Å². The molecular formula is C18H26N2O. The van der Waals surface area contributed by atoms with Gasteiger partial charge >= 0.3 is 0 Å². The zero-order chi connectivity index (χ0) is 14.7. The first-order valence-electron chi connectivity index (χ1n) is 8.28. The molecule has 1 heterocycles. The largest absolute Gasteiger partial charge is 0.339 e. The Kier molecular flexibility index (Phi) is 4.59. The topological polar surface area (TPSA) is 32.3 Å². The molecule has 1 N–H and O–H groups in total. The molecule has 2 unspecified atom stereocenters. The number of carbonyl (C=O) groups is 1. The van der Waals surface area contributed by atoms with Gasteiger partial charge in [0.1, 0.15) is 0 Å². The molecule has 1 aliphatic heterocycles. The van der Waals surface area contributed by atoms with Gasteiger partial charge in [-0.1, -0.05) is 30.3 Å². The van der Waals surface area contributed by atoms with Crippen LogP contribution >= 0.6 is 0 Å². The van der Waals surface area contributed by atoms with E-state index in [1.54, 1.807) is 0 Å². The lowest BCUT2D eigenvalue weighted by atomic mass is 9.93. The van der Waals surface area contributed by atoms with E-state index in [4.69, 9.17) is 0 Å². The number of nitrogens with zero attached hydrogens (tertiary/aromatic N) is 1. The van der Waals surface area contributed by atoms with Crippen molar-refractivity contribution in [2.24, 2.45) is 11.8 Å². The van der Waals surface area contributed by atoms with E-state index in [1.165, 1.54) is 18.4 Å². The SMILES string of the molecule is CC1C(Cc2ccccc2)CCN1C(=O)CNCC1CC1. The Labute approximate surface area is 127 Å². The lowest BCUT2D eigenvalue weighted by Crippen LogP contribution is -2.41. The number of nitrogens with one attached hydrogen (secondary N) is 1. The monoisotopic (exact) mass is 286 g/mol. The van der Waals surface area contributed by atoms with Gasteiger partial charge in [-0.15, -0.1) is 0 Å². The van der Waals surface area contributed by atoms with Crippen LogP contribution in [-0.2, 0) is 11.2 Å². The van der Waals surface area contributed by atoms with Crippen molar-refractivity contribution in [3.8, 4) is 0 Å². The molecule has 3 rings (SSSR count). The van der Waals surface area contributed by atoms with Crippen molar-refractivity contribution in [3.05, 3.63) is 35.9 Å². The van der Waals surface area contributed by atoms with E-state index in [0.29, 0.717) is 18.5 Å². The highest BCUT2D eigenvalue weighted by molar-refractivity contribution is 5.78. The van der Waals surface area contributed by atoms with Gasteiger partial charge < -0.3 is 10.2 Å². The highest BCUT2D eigenvalue weighted by Crippen LogP contribution is 2.28. The van der Waals surface area contributed by atoms with Crippen LogP contribution in [0.3, 0.4) is 0 Å². The summed E-state index contributed by atoms with van der Waals surface area (Å²) in [7, 11) is 0. The van der Waals surface area contributed by atoms with Crippen LogP contribution in [0.5, 0.6) is 0 Å². The van der Waals surface area contributed by atoms with Gasteiger partial charge in [0, 0.05) is 12.6 Å². The van der Waals surface area contributed by atoms with E-state index in [0.717, 1.165) is 31.8 Å². The normalized spacial score (nSPS) is 25.3. The van der Waals surface area contributed by atoms with Crippen molar-refractivity contribution in [1.82, 2.24) is 10.2 Å². The highest BCUT2D eigenvalue weighted by atomic mass is 16.2. The Morgan fingerprint density at radius 2 is 2.00 bits per heavy atom. The summed E-state index contributed by atoms with van der Waals surface area (Å²) < 4.78 is 0. The Morgan fingerprint density at radius 1 is 1.24 bits per heavy atom. The third-order valence-electron chi connectivity index (χ3n) is 4.98. The van der Waals surface area contributed by atoms with Crippen molar-refractivity contribution < 1.29 is 4.79 Å². The number of hydrogen-bond donors (Lipinski definition) is 1. The van der Waals surface area contributed by atoms with Crippen LogP contribution < -0.4 is 5.32 Å². The van der Waals surface area contributed by atoms with Gasteiger partial charge in [-0.2, -0.15) is 0 Å². The third-order valence-corrected chi connectivity index (χ3v) is 4.98. The van der Waals surface area contributed by atoms with Gasteiger partial charge in [-0.05, 0) is 56.6 Å². The summed E-state index contributed by atoms with van der Waals surface area (Å²) in [5.41, 5.74) is 1.38. The number of likely N-dealkylation sites (tertiary alicyclic amines) is 1. The summed E-state index contributed by atoms with van der Waals surface area (Å²) in [5, 5.41) is 3.32. The van der Waals surface area contributed by atoms with E-state index in [2.05, 4.69) is 47.5 Å². The number of rotatable bonds is 6. The summed E-state index contributed by atoms with van der Waals surface area (Å²) >= 11 is 0. The van der Waals surface area contributed by atoms with Crippen LogP contribution in [-0.4, -0.2) is 36.5 Å². The van der Waals surface area contributed by atoms with Gasteiger partial charge in [0.2, 0.25) is 5.91 Å². The van der Waals surface area contributed by atoms with Gasteiger partial charge in [0.15, 0.2) is 0 Å². The molecule has 1 saturated carbocycles. The maximum atomic E-state index is 12.3. The minimum absolute atomic E-state index is 0.277. The van der Waals surface area contributed by atoms with E-state index in [1.807, 2.05) is 0 Å². The van der Waals surface area contributed by atoms with E-state index >= 15 is 0 Å². The third kappa shape index (κ3) is 3.85. The highest BCUT2D eigenvalue weighted by Gasteiger charge is 2.33. The number of carbonyl (C=O) groups excluding carboxylic acids is 1. The molecule has 1 saturated heterocycles. The molecule has 2 atom stereocenters. The molecule has 0 aromatic heterocycles. The molecule has 2 aliphatic rings. The van der Waals surface area contributed by atoms with Gasteiger partial charge in [0.25, 0.3) is 0 Å². The van der Waals surface area contributed by atoms with Gasteiger partial charge in [0.05, 0.1) is 6.54 Å². The summed E-state index contributed by atoms with van der Waals surface area (Å²) in [6.45, 7) is 4.66. The van der Waals surface area contributed by atoms with Crippen molar-refractivity contribution in [1.29, 1.82) is 0 Å². The maximum absolute atomic E-state index is 12.3. The molecule has 21 heavy (non-hydrogen) atoms. The van der Waals surface area contributed by atoms with Crippen LogP contribution in [0.25, 0.3) is 0 Å². The first-order chi connectivity index (χ1) is 10.2.